The summed E-state index contributed by atoms with van der Waals surface area (Å²) in [7, 11) is 2.26. The van der Waals surface area contributed by atoms with Gasteiger partial charge >= 0.3 is 0 Å². The van der Waals surface area contributed by atoms with Crippen molar-refractivity contribution in [1.82, 2.24) is 10.2 Å². The second-order valence-electron chi connectivity index (χ2n) is 6.47. The molecule has 0 aromatic rings. The van der Waals surface area contributed by atoms with E-state index in [1.165, 1.54) is 51.9 Å². The lowest BCUT2D eigenvalue weighted by molar-refractivity contribution is 0.204. The van der Waals surface area contributed by atoms with E-state index in [1.54, 1.807) is 0 Å². The van der Waals surface area contributed by atoms with E-state index in [0.717, 1.165) is 23.7 Å². The summed E-state index contributed by atoms with van der Waals surface area (Å²) in [5, 5.41) is 3.74. The van der Waals surface area contributed by atoms with Crippen molar-refractivity contribution in [3.05, 3.63) is 12.2 Å². The third-order valence-electron chi connectivity index (χ3n) is 4.98. The summed E-state index contributed by atoms with van der Waals surface area (Å²) in [6, 6.07) is 0. The maximum atomic E-state index is 3.74. The van der Waals surface area contributed by atoms with Crippen LogP contribution in [-0.2, 0) is 0 Å². The molecule has 1 saturated carbocycles. The summed E-state index contributed by atoms with van der Waals surface area (Å²) in [4.78, 5) is 2.48. The van der Waals surface area contributed by atoms with Crippen molar-refractivity contribution in [1.29, 1.82) is 0 Å². The Hall–Kier alpha value is -0.340. The van der Waals surface area contributed by atoms with Crippen LogP contribution < -0.4 is 5.32 Å². The zero-order chi connectivity index (χ0) is 11.7. The van der Waals surface area contributed by atoms with Gasteiger partial charge in [-0.2, -0.15) is 0 Å². The smallest absolute Gasteiger partial charge is 0.00187 e. The van der Waals surface area contributed by atoms with Crippen LogP contribution in [0.5, 0.6) is 0 Å². The van der Waals surface area contributed by atoms with E-state index < -0.39 is 0 Å². The topological polar surface area (TPSA) is 15.3 Å². The lowest BCUT2D eigenvalue weighted by Crippen LogP contribution is -2.38. The fraction of sp³-hybridized carbons (Fsp3) is 0.867. The highest BCUT2D eigenvalue weighted by atomic mass is 15.1. The first-order valence-corrected chi connectivity index (χ1v) is 7.39. The van der Waals surface area contributed by atoms with Gasteiger partial charge in [0, 0.05) is 6.54 Å². The van der Waals surface area contributed by atoms with Crippen molar-refractivity contribution in [2.45, 2.75) is 25.7 Å². The quantitative estimate of drug-likeness (QED) is 0.750. The van der Waals surface area contributed by atoms with Crippen LogP contribution in [0.1, 0.15) is 25.7 Å². The van der Waals surface area contributed by atoms with Gasteiger partial charge in [-0.1, -0.05) is 12.2 Å². The summed E-state index contributed by atoms with van der Waals surface area (Å²) < 4.78 is 0. The molecular weight excluding hydrogens is 208 g/mol. The molecule has 0 aromatic heterocycles. The van der Waals surface area contributed by atoms with Crippen LogP contribution in [0.15, 0.2) is 12.2 Å². The Bertz CT molecular complexity index is 287. The third-order valence-corrected chi connectivity index (χ3v) is 4.98. The molecule has 1 heterocycles. The van der Waals surface area contributed by atoms with E-state index in [0.29, 0.717) is 0 Å². The lowest BCUT2D eigenvalue weighted by atomic mass is 9.93. The van der Waals surface area contributed by atoms with Gasteiger partial charge in [-0.05, 0) is 76.0 Å². The van der Waals surface area contributed by atoms with Gasteiger partial charge in [-0.3, -0.25) is 0 Å². The predicted octanol–water partition coefficient (Wildman–Crippen LogP) is 2.13. The molecule has 4 atom stereocenters. The molecule has 2 bridgehead atoms. The standard InChI is InChI=1S/C15H26N2/c1-17-6-2-3-13(11-17)9-16-10-15-8-12-4-5-14(15)7-12/h4-5,12-16H,2-3,6-11H2,1H3. The summed E-state index contributed by atoms with van der Waals surface area (Å²) in [6.07, 6.45) is 10.6. The Morgan fingerprint density at radius 1 is 1.24 bits per heavy atom. The van der Waals surface area contributed by atoms with E-state index in [4.69, 9.17) is 0 Å². The molecule has 0 radical (unpaired) electrons. The van der Waals surface area contributed by atoms with Gasteiger partial charge in [-0.15, -0.1) is 0 Å². The number of allylic oxidation sites excluding steroid dienone is 2. The predicted molar refractivity (Wildman–Crippen MR) is 71.9 cm³/mol. The minimum atomic E-state index is 0.892. The molecule has 1 saturated heterocycles. The van der Waals surface area contributed by atoms with Crippen LogP contribution in [0.25, 0.3) is 0 Å². The normalized spacial score (nSPS) is 41.2. The number of piperidine rings is 1. The average Bonchev–Trinajstić information content (AvgIpc) is 2.91. The zero-order valence-corrected chi connectivity index (χ0v) is 11.1. The van der Waals surface area contributed by atoms with Crippen molar-refractivity contribution in [3.8, 4) is 0 Å². The molecule has 3 rings (SSSR count). The van der Waals surface area contributed by atoms with Gasteiger partial charge in [0.1, 0.15) is 0 Å². The first-order valence-electron chi connectivity index (χ1n) is 7.39. The molecular formula is C15H26N2. The van der Waals surface area contributed by atoms with Gasteiger partial charge in [-0.25, -0.2) is 0 Å². The molecule has 96 valence electrons. The van der Waals surface area contributed by atoms with Gasteiger partial charge in [0.15, 0.2) is 0 Å². The largest absolute Gasteiger partial charge is 0.316 e. The molecule has 0 aromatic carbocycles. The highest BCUT2D eigenvalue weighted by Crippen LogP contribution is 2.42. The zero-order valence-electron chi connectivity index (χ0n) is 11.1. The van der Waals surface area contributed by atoms with Crippen molar-refractivity contribution in [2.24, 2.45) is 23.7 Å². The number of likely N-dealkylation sites (tertiary alicyclic amines) is 1. The maximum Gasteiger partial charge on any atom is 0.00187 e. The van der Waals surface area contributed by atoms with E-state index in [9.17, 15) is 0 Å². The number of hydrogen-bond acceptors (Lipinski definition) is 2. The maximum absolute atomic E-state index is 3.74. The summed E-state index contributed by atoms with van der Waals surface area (Å²) in [5.74, 6) is 3.66. The summed E-state index contributed by atoms with van der Waals surface area (Å²) in [5.41, 5.74) is 0. The van der Waals surface area contributed by atoms with Crippen molar-refractivity contribution < 1.29 is 0 Å². The van der Waals surface area contributed by atoms with Crippen molar-refractivity contribution >= 4 is 0 Å². The fourth-order valence-electron chi connectivity index (χ4n) is 4.04. The first-order chi connectivity index (χ1) is 8.31. The SMILES string of the molecule is CN1CCCC(CNCC2CC3C=CC2C3)C1. The number of nitrogens with one attached hydrogen (secondary N) is 1. The Kier molecular flexibility index (Phi) is 3.53. The minimum absolute atomic E-state index is 0.892. The van der Waals surface area contributed by atoms with Crippen LogP contribution in [0, 0.1) is 23.7 Å². The number of hydrogen-bond donors (Lipinski definition) is 1. The van der Waals surface area contributed by atoms with Gasteiger partial charge in [0.25, 0.3) is 0 Å². The number of nitrogens with zero attached hydrogens (tertiary/aromatic N) is 1. The second-order valence-corrected chi connectivity index (χ2v) is 6.47. The molecule has 2 nitrogen and oxygen atoms in total. The first kappa shape index (κ1) is 11.7. The van der Waals surface area contributed by atoms with Crippen molar-refractivity contribution in [2.75, 3.05) is 33.2 Å². The monoisotopic (exact) mass is 234 g/mol. The Balaban J connectivity index is 1.36. The highest BCUT2D eigenvalue weighted by molar-refractivity contribution is 5.10. The molecule has 1 N–H and O–H groups in total. The minimum Gasteiger partial charge on any atom is -0.316 e. The van der Waals surface area contributed by atoms with Crippen LogP contribution in [0.3, 0.4) is 0 Å². The molecule has 3 aliphatic rings. The van der Waals surface area contributed by atoms with Gasteiger partial charge < -0.3 is 10.2 Å². The summed E-state index contributed by atoms with van der Waals surface area (Å²) in [6.45, 7) is 5.09. The number of fused-ring (bicyclic) bond motifs is 2. The molecule has 2 heteroatoms. The average molecular weight is 234 g/mol. The molecule has 2 fully saturated rings. The lowest BCUT2D eigenvalue weighted by Gasteiger charge is -2.30. The van der Waals surface area contributed by atoms with Crippen LogP contribution in [-0.4, -0.2) is 38.1 Å². The van der Waals surface area contributed by atoms with Gasteiger partial charge in [0.05, 0.1) is 0 Å². The Morgan fingerprint density at radius 2 is 2.18 bits per heavy atom. The van der Waals surface area contributed by atoms with E-state index in [1.807, 2.05) is 0 Å². The van der Waals surface area contributed by atoms with Gasteiger partial charge in [0.2, 0.25) is 0 Å². The van der Waals surface area contributed by atoms with Crippen LogP contribution in [0.4, 0.5) is 0 Å². The Morgan fingerprint density at radius 3 is 2.88 bits per heavy atom. The molecule has 2 aliphatic carbocycles. The third kappa shape index (κ3) is 2.74. The Labute approximate surface area is 105 Å². The highest BCUT2D eigenvalue weighted by Gasteiger charge is 2.35. The van der Waals surface area contributed by atoms with Crippen LogP contribution in [0.2, 0.25) is 0 Å². The summed E-state index contributed by atoms with van der Waals surface area (Å²) >= 11 is 0. The second kappa shape index (κ2) is 5.11. The number of rotatable bonds is 4. The van der Waals surface area contributed by atoms with Crippen LogP contribution >= 0.6 is 0 Å². The molecule has 17 heavy (non-hydrogen) atoms. The molecule has 0 spiro atoms. The molecule has 0 amide bonds. The molecule has 1 aliphatic heterocycles. The van der Waals surface area contributed by atoms with E-state index in [-0.39, 0.29) is 0 Å². The fourth-order valence-corrected chi connectivity index (χ4v) is 4.04. The van der Waals surface area contributed by atoms with Crippen molar-refractivity contribution in [3.63, 3.8) is 0 Å². The van der Waals surface area contributed by atoms with E-state index in [2.05, 4.69) is 29.4 Å². The molecule has 4 unspecified atom stereocenters. The van der Waals surface area contributed by atoms with E-state index >= 15 is 0 Å².